The summed E-state index contributed by atoms with van der Waals surface area (Å²) >= 11 is 0. The molecule has 0 unspecified atom stereocenters. The molecule has 0 aromatic heterocycles. The Kier molecular flexibility index (Phi) is 12.2. The van der Waals surface area contributed by atoms with Crippen LogP contribution in [0.5, 0.6) is 0 Å². The van der Waals surface area contributed by atoms with Crippen molar-refractivity contribution in [3.63, 3.8) is 0 Å². The summed E-state index contributed by atoms with van der Waals surface area (Å²) in [5, 5.41) is 0. The summed E-state index contributed by atoms with van der Waals surface area (Å²) in [6.45, 7) is 10.3. The van der Waals surface area contributed by atoms with Crippen molar-refractivity contribution in [1.82, 2.24) is 0 Å². The van der Waals surface area contributed by atoms with E-state index in [2.05, 4.69) is 17.9 Å². The van der Waals surface area contributed by atoms with Gasteiger partial charge in [0.2, 0.25) is 5.94 Å². The van der Waals surface area contributed by atoms with E-state index >= 15 is 0 Å². The van der Waals surface area contributed by atoms with Crippen molar-refractivity contribution >= 4 is 46.9 Å². The molecule has 0 aromatic carbocycles. The summed E-state index contributed by atoms with van der Waals surface area (Å²) in [7, 11) is -4.57. The van der Waals surface area contributed by atoms with E-state index in [1.54, 1.807) is 6.92 Å². The Hall–Kier alpha value is -1.60. The standard InChI is InChI=1S/C16H24O9S.Li.H/c1-6-7-16(8-23-13(17)11(2)3,9-24-14(18)12(4)5)15(19)25-10-26(20,21)22;;/h2,4,6-10H2,1,3,5H3,(H,20,21,22);;. The summed E-state index contributed by atoms with van der Waals surface area (Å²) in [5.41, 5.74) is -1.48. The Morgan fingerprint density at radius 3 is 1.67 bits per heavy atom. The van der Waals surface area contributed by atoms with Gasteiger partial charge in [0.25, 0.3) is 0 Å². The predicted molar refractivity (Wildman–Crippen MR) is 98.5 cm³/mol. The van der Waals surface area contributed by atoms with Gasteiger partial charge in [-0.1, -0.05) is 26.5 Å². The van der Waals surface area contributed by atoms with Crippen LogP contribution in [-0.4, -0.2) is 68.9 Å². The zero-order chi connectivity index (χ0) is 20.5. The van der Waals surface area contributed by atoms with Gasteiger partial charge in [-0.3, -0.25) is 9.35 Å². The fourth-order valence-corrected chi connectivity index (χ4v) is 2.08. The van der Waals surface area contributed by atoms with Crippen LogP contribution in [0.25, 0.3) is 0 Å². The number of rotatable bonds is 11. The molecule has 27 heavy (non-hydrogen) atoms. The number of hydrogen-bond donors (Lipinski definition) is 1. The van der Waals surface area contributed by atoms with Crippen molar-refractivity contribution in [2.75, 3.05) is 19.2 Å². The predicted octanol–water partition coefficient (Wildman–Crippen LogP) is 0.752. The summed E-state index contributed by atoms with van der Waals surface area (Å²) in [4.78, 5) is 35.7. The summed E-state index contributed by atoms with van der Waals surface area (Å²) in [6, 6.07) is 0. The minimum absolute atomic E-state index is 0. The Balaban J connectivity index is 0. The molecule has 0 amide bonds. The molecule has 0 bridgehead atoms. The SMILES string of the molecule is C=C(C)C(=O)OCC(CCC)(COC(=O)C(=C)C)C(=O)OCS(=O)(=O)O.[LiH]. The number of carbonyl (C=O) groups is 3. The maximum absolute atomic E-state index is 12.4. The molecule has 0 spiro atoms. The molecule has 0 aliphatic carbocycles. The van der Waals surface area contributed by atoms with Crippen LogP contribution < -0.4 is 0 Å². The van der Waals surface area contributed by atoms with Crippen molar-refractivity contribution in [2.45, 2.75) is 33.6 Å². The van der Waals surface area contributed by atoms with Gasteiger partial charge in [-0.25, -0.2) is 9.59 Å². The van der Waals surface area contributed by atoms with Crippen LogP contribution in [0.4, 0.5) is 0 Å². The molecule has 150 valence electrons. The van der Waals surface area contributed by atoms with E-state index in [4.69, 9.17) is 14.0 Å². The van der Waals surface area contributed by atoms with Crippen molar-refractivity contribution in [1.29, 1.82) is 0 Å². The number of esters is 3. The Bertz CT molecular complexity index is 652. The average molecular weight is 400 g/mol. The summed E-state index contributed by atoms with van der Waals surface area (Å²) in [6.07, 6.45) is 0.459. The third-order valence-electron chi connectivity index (χ3n) is 3.16. The molecule has 0 rings (SSSR count). The van der Waals surface area contributed by atoms with E-state index in [0.29, 0.717) is 6.42 Å². The first-order chi connectivity index (χ1) is 11.8. The third kappa shape index (κ3) is 10.3. The second-order valence-electron chi connectivity index (χ2n) is 5.87. The van der Waals surface area contributed by atoms with E-state index in [1.807, 2.05) is 0 Å². The summed E-state index contributed by atoms with van der Waals surface area (Å²) in [5.74, 6) is -3.93. The Labute approximate surface area is 171 Å². The molecule has 11 heteroatoms. The number of carbonyl (C=O) groups excluding carboxylic acids is 3. The van der Waals surface area contributed by atoms with Crippen LogP contribution in [0.2, 0.25) is 0 Å². The zero-order valence-corrected chi connectivity index (χ0v) is 15.9. The fourth-order valence-electron chi connectivity index (χ4n) is 1.82. The monoisotopic (exact) mass is 400 g/mol. The normalized spacial score (nSPS) is 11.0. The van der Waals surface area contributed by atoms with E-state index in [9.17, 15) is 22.8 Å². The van der Waals surface area contributed by atoms with E-state index in [-0.39, 0.29) is 36.4 Å². The van der Waals surface area contributed by atoms with Gasteiger partial charge in [-0.05, 0) is 20.3 Å². The summed E-state index contributed by atoms with van der Waals surface area (Å²) < 4.78 is 45.0. The molecule has 9 nitrogen and oxygen atoms in total. The van der Waals surface area contributed by atoms with E-state index in [1.165, 1.54) is 13.8 Å². The zero-order valence-electron chi connectivity index (χ0n) is 15.1. The number of ether oxygens (including phenoxy) is 3. The first-order valence-corrected chi connectivity index (χ1v) is 9.23. The van der Waals surface area contributed by atoms with Crippen molar-refractivity contribution < 1.29 is 41.6 Å². The van der Waals surface area contributed by atoms with Crippen molar-refractivity contribution in [3.8, 4) is 0 Å². The van der Waals surface area contributed by atoms with Crippen LogP contribution in [0.3, 0.4) is 0 Å². The quantitative estimate of drug-likeness (QED) is 0.175. The molecule has 0 radical (unpaired) electrons. The molecular formula is C16H25LiO9S. The Morgan fingerprint density at radius 1 is 0.963 bits per heavy atom. The van der Waals surface area contributed by atoms with E-state index in [0.717, 1.165) is 0 Å². The van der Waals surface area contributed by atoms with Crippen molar-refractivity contribution in [2.24, 2.45) is 5.41 Å². The van der Waals surface area contributed by atoms with Gasteiger partial charge in [0.1, 0.15) is 18.6 Å². The molecule has 0 aliphatic heterocycles. The van der Waals surface area contributed by atoms with Gasteiger partial charge >= 0.3 is 46.9 Å². The molecule has 0 saturated carbocycles. The average Bonchev–Trinajstić information content (AvgIpc) is 2.53. The molecule has 1 N–H and O–H groups in total. The Morgan fingerprint density at radius 2 is 1.37 bits per heavy atom. The van der Waals surface area contributed by atoms with Crippen LogP contribution in [-0.2, 0) is 38.7 Å². The molecule has 0 aliphatic rings. The fraction of sp³-hybridized carbons (Fsp3) is 0.562. The van der Waals surface area contributed by atoms with Crippen LogP contribution in [0.15, 0.2) is 24.3 Å². The van der Waals surface area contributed by atoms with Crippen LogP contribution in [0.1, 0.15) is 33.6 Å². The second-order valence-corrected chi connectivity index (χ2v) is 7.27. The third-order valence-corrected chi connectivity index (χ3v) is 3.57. The van der Waals surface area contributed by atoms with Gasteiger partial charge in [0.05, 0.1) is 0 Å². The van der Waals surface area contributed by atoms with Crippen LogP contribution in [0, 0.1) is 5.41 Å². The van der Waals surface area contributed by atoms with E-state index < -0.39 is 52.6 Å². The maximum atomic E-state index is 12.4. The first kappa shape index (κ1) is 27.6. The second kappa shape index (κ2) is 12.0. The van der Waals surface area contributed by atoms with Gasteiger partial charge in [-0.2, -0.15) is 8.42 Å². The van der Waals surface area contributed by atoms with Gasteiger partial charge in [0, 0.05) is 11.1 Å². The first-order valence-electron chi connectivity index (χ1n) is 7.62. The molecule has 0 atom stereocenters. The topological polar surface area (TPSA) is 133 Å². The molecular weight excluding hydrogens is 375 g/mol. The van der Waals surface area contributed by atoms with Gasteiger partial charge in [-0.15, -0.1) is 0 Å². The van der Waals surface area contributed by atoms with Gasteiger partial charge < -0.3 is 14.2 Å². The number of hydrogen-bond acceptors (Lipinski definition) is 8. The minimum atomic E-state index is -4.57. The molecule has 0 aromatic rings. The molecule has 0 saturated heterocycles. The van der Waals surface area contributed by atoms with Crippen molar-refractivity contribution in [3.05, 3.63) is 24.3 Å². The molecule has 0 heterocycles. The molecule has 0 fully saturated rings. The van der Waals surface area contributed by atoms with Crippen LogP contribution >= 0.6 is 0 Å². The van der Waals surface area contributed by atoms with Gasteiger partial charge in [0.15, 0.2) is 0 Å².